The van der Waals surface area contributed by atoms with E-state index in [1.54, 1.807) is 0 Å². The molecular formula is C13H21NO. The van der Waals surface area contributed by atoms with Gasteiger partial charge in [-0.1, -0.05) is 32.0 Å². The van der Waals surface area contributed by atoms with E-state index in [0.29, 0.717) is 0 Å². The molecule has 0 aromatic heterocycles. The molecule has 0 heterocycles. The third kappa shape index (κ3) is 2.96. The van der Waals surface area contributed by atoms with Crippen LogP contribution in [-0.2, 0) is 0 Å². The molecule has 1 atom stereocenters. The van der Waals surface area contributed by atoms with Crippen molar-refractivity contribution >= 4 is 5.69 Å². The number of benzene rings is 1. The Labute approximate surface area is 92.5 Å². The van der Waals surface area contributed by atoms with E-state index in [-0.39, 0.29) is 6.10 Å². The first-order valence-electron chi connectivity index (χ1n) is 5.68. The van der Waals surface area contributed by atoms with E-state index < -0.39 is 0 Å². The number of rotatable bonds is 5. The zero-order chi connectivity index (χ0) is 11.3. The normalized spacial score (nSPS) is 12.5. The Kier molecular flexibility index (Phi) is 4.63. The van der Waals surface area contributed by atoms with Crippen molar-refractivity contribution in [2.45, 2.75) is 32.8 Å². The SMILES string of the molecule is CCCN(C)c1ccccc1[C@@H](O)CC. The fourth-order valence-corrected chi connectivity index (χ4v) is 1.79. The van der Waals surface area contributed by atoms with E-state index in [1.807, 2.05) is 25.1 Å². The Morgan fingerprint density at radius 3 is 2.53 bits per heavy atom. The Bertz CT molecular complexity index is 298. The first kappa shape index (κ1) is 12.1. The third-order valence-corrected chi connectivity index (χ3v) is 2.65. The molecule has 0 aliphatic carbocycles. The van der Waals surface area contributed by atoms with E-state index in [2.05, 4.69) is 24.9 Å². The predicted molar refractivity (Wildman–Crippen MR) is 65.3 cm³/mol. The molecule has 84 valence electrons. The summed E-state index contributed by atoms with van der Waals surface area (Å²) in [5.41, 5.74) is 2.18. The average molecular weight is 207 g/mol. The molecule has 0 bridgehead atoms. The third-order valence-electron chi connectivity index (χ3n) is 2.65. The molecule has 0 saturated carbocycles. The van der Waals surface area contributed by atoms with Gasteiger partial charge in [0.2, 0.25) is 0 Å². The van der Waals surface area contributed by atoms with Gasteiger partial charge < -0.3 is 10.0 Å². The van der Waals surface area contributed by atoms with Gasteiger partial charge in [0.1, 0.15) is 0 Å². The van der Waals surface area contributed by atoms with Crippen LogP contribution >= 0.6 is 0 Å². The van der Waals surface area contributed by atoms with Crippen molar-refractivity contribution in [3.05, 3.63) is 29.8 Å². The maximum atomic E-state index is 9.90. The van der Waals surface area contributed by atoms with E-state index in [4.69, 9.17) is 0 Å². The summed E-state index contributed by atoms with van der Waals surface area (Å²) in [5.74, 6) is 0. The summed E-state index contributed by atoms with van der Waals surface area (Å²) in [4.78, 5) is 2.20. The molecule has 0 unspecified atom stereocenters. The first-order chi connectivity index (χ1) is 7.20. The van der Waals surface area contributed by atoms with Crippen LogP contribution in [0.3, 0.4) is 0 Å². The Morgan fingerprint density at radius 2 is 1.93 bits per heavy atom. The molecule has 2 heteroatoms. The van der Waals surface area contributed by atoms with Gasteiger partial charge in [-0.25, -0.2) is 0 Å². The zero-order valence-corrected chi connectivity index (χ0v) is 9.90. The summed E-state index contributed by atoms with van der Waals surface area (Å²) in [5, 5.41) is 9.90. The van der Waals surface area contributed by atoms with Crippen LogP contribution < -0.4 is 4.90 Å². The quantitative estimate of drug-likeness (QED) is 0.802. The van der Waals surface area contributed by atoms with Crippen molar-refractivity contribution in [1.29, 1.82) is 0 Å². The van der Waals surface area contributed by atoms with Gasteiger partial charge in [0.15, 0.2) is 0 Å². The summed E-state index contributed by atoms with van der Waals surface area (Å²) in [6.45, 7) is 5.18. The molecule has 1 aromatic carbocycles. The van der Waals surface area contributed by atoms with Crippen LogP contribution in [0.15, 0.2) is 24.3 Å². The van der Waals surface area contributed by atoms with E-state index >= 15 is 0 Å². The molecule has 0 amide bonds. The lowest BCUT2D eigenvalue weighted by Crippen LogP contribution is -2.20. The molecule has 0 spiro atoms. The molecule has 1 N–H and O–H groups in total. The number of aliphatic hydroxyl groups is 1. The van der Waals surface area contributed by atoms with Crippen LogP contribution in [0.2, 0.25) is 0 Å². The number of anilines is 1. The predicted octanol–water partition coefficient (Wildman–Crippen LogP) is 2.98. The number of para-hydroxylation sites is 1. The molecule has 0 aliphatic rings. The monoisotopic (exact) mass is 207 g/mol. The van der Waals surface area contributed by atoms with Gasteiger partial charge in [-0.15, -0.1) is 0 Å². The van der Waals surface area contributed by atoms with Crippen molar-refractivity contribution in [2.24, 2.45) is 0 Å². The molecule has 0 radical (unpaired) electrons. The molecule has 2 nitrogen and oxygen atoms in total. The highest BCUT2D eigenvalue weighted by atomic mass is 16.3. The van der Waals surface area contributed by atoms with Gasteiger partial charge in [0.05, 0.1) is 6.10 Å². The molecule has 0 fully saturated rings. The van der Waals surface area contributed by atoms with E-state index in [9.17, 15) is 5.11 Å². The average Bonchev–Trinajstić information content (AvgIpc) is 2.28. The lowest BCUT2D eigenvalue weighted by molar-refractivity contribution is 0.174. The highest BCUT2D eigenvalue weighted by molar-refractivity contribution is 5.53. The van der Waals surface area contributed by atoms with Gasteiger partial charge in [-0.05, 0) is 18.9 Å². The Balaban J connectivity index is 2.95. The topological polar surface area (TPSA) is 23.5 Å². The highest BCUT2D eigenvalue weighted by Crippen LogP contribution is 2.27. The van der Waals surface area contributed by atoms with E-state index in [0.717, 1.165) is 30.6 Å². The molecule has 0 aliphatic heterocycles. The summed E-state index contributed by atoms with van der Waals surface area (Å²) >= 11 is 0. The largest absolute Gasteiger partial charge is 0.388 e. The van der Waals surface area contributed by atoms with Gasteiger partial charge >= 0.3 is 0 Å². The van der Waals surface area contributed by atoms with E-state index in [1.165, 1.54) is 0 Å². The molecule has 1 aromatic rings. The van der Waals surface area contributed by atoms with Crippen LogP contribution in [0.1, 0.15) is 38.4 Å². The highest BCUT2D eigenvalue weighted by Gasteiger charge is 2.12. The molecule has 15 heavy (non-hydrogen) atoms. The fourth-order valence-electron chi connectivity index (χ4n) is 1.79. The number of nitrogens with zero attached hydrogens (tertiary/aromatic N) is 1. The van der Waals surface area contributed by atoms with Crippen molar-refractivity contribution in [3.8, 4) is 0 Å². The lowest BCUT2D eigenvalue weighted by Gasteiger charge is -2.23. The summed E-state index contributed by atoms with van der Waals surface area (Å²) in [6.07, 6.45) is 1.53. The number of hydrogen-bond donors (Lipinski definition) is 1. The minimum atomic E-state index is -0.347. The standard InChI is InChI=1S/C13H21NO/c1-4-10-14(3)12-9-7-6-8-11(12)13(15)5-2/h6-9,13,15H,4-5,10H2,1-3H3/t13-/m0/s1. The second-order valence-electron chi connectivity index (χ2n) is 3.90. The van der Waals surface area contributed by atoms with Crippen LogP contribution in [0.4, 0.5) is 5.69 Å². The number of hydrogen-bond acceptors (Lipinski definition) is 2. The van der Waals surface area contributed by atoms with Crippen molar-refractivity contribution < 1.29 is 5.11 Å². The lowest BCUT2D eigenvalue weighted by atomic mass is 10.0. The molecule has 1 rings (SSSR count). The Morgan fingerprint density at radius 1 is 1.27 bits per heavy atom. The molecule has 0 saturated heterocycles. The summed E-state index contributed by atoms with van der Waals surface area (Å²) in [6, 6.07) is 8.09. The van der Waals surface area contributed by atoms with Gasteiger partial charge in [0, 0.05) is 24.8 Å². The summed E-state index contributed by atoms with van der Waals surface area (Å²) in [7, 11) is 2.07. The van der Waals surface area contributed by atoms with Crippen molar-refractivity contribution in [3.63, 3.8) is 0 Å². The maximum Gasteiger partial charge on any atom is 0.0807 e. The van der Waals surface area contributed by atoms with Crippen LogP contribution in [0.5, 0.6) is 0 Å². The minimum Gasteiger partial charge on any atom is -0.388 e. The first-order valence-corrected chi connectivity index (χ1v) is 5.68. The number of aliphatic hydroxyl groups excluding tert-OH is 1. The fraction of sp³-hybridized carbons (Fsp3) is 0.538. The minimum absolute atomic E-state index is 0.347. The van der Waals surface area contributed by atoms with Crippen LogP contribution in [0, 0.1) is 0 Å². The zero-order valence-electron chi connectivity index (χ0n) is 9.90. The van der Waals surface area contributed by atoms with Crippen LogP contribution in [0.25, 0.3) is 0 Å². The summed E-state index contributed by atoms with van der Waals surface area (Å²) < 4.78 is 0. The Hall–Kier alpha value is -1.02. The van der Waals surface area contributed by atoms with Gasteiger partial charge in [-0.3, -0.25) is 0 Å². The second kappa shape index (κ2) is 5.76. The van der Waals surface area contributed by atoms with Crippen molar-refractivity contribution in [1.82, 2.24) is 0 Å². The van der Waals surface area contributed by atoms with Gasteiger partial charge in [-0.2, -0.15) is 0 Å². The smallest absolute Gasteiger partial charge is 0.0807 e. The maximum absolute atomic E-state index is 9.90. The second-order valence-corrected chi connectivity index (χ2v) is 3.90. The van der Waals surface area contributed by atoms with Gasteiger partial charge in [0.25, 0.3) is 0 Å². The molecular weight excluding hydrogens is 186 g/mol. The van der Waals surface area contributed by atoms with Crippen molar-refractivity contribution in [2.75, 3.05) is 18.5 Å². The van der Waals surface area contributed by atoms with Crippen LogP contribution in [-0.4, -0.2) is 18.7 Å².